The number of methoxy groups -OCH3 is 1. The number of nitriles is 1. The number of allylic oxidation sites excluding steroid dienone is 3. The number of Topliss-reactive ketones (excluding diaryl/α,β-unsaturated/α-hetero) is 1. The molecule has 142 valence electrons. The number of carbonyl (C=O) groups excluding carboxylic acids is 1. The molecule has 0 saturated heterocycles. The molecule has 7 heteroatoms. The third kappa shape index (κ3) is 3.03. The van der Waals surface area contributed by atoms with Crippen molar-refractivity contribution in [2.24, 2.45) is 5.73 Å². The molecule has 1 aliphatic carbocycles. The summed E-state index contributed by atoms with van der Waals surface area (Å²) in [5.74, 6) is 0.808. The van der Waals surface area contributed by atoms with Crippen LogP contribution in [0.5, 0.6) is 5.75 Å². The summed E-state index contributed by atoms with van der Waals surface area (Å²) in [5, 5.41) is 9.95. The Balaban J connectivity index is 1.92. The Morgan fingerprint density at radius 3 is 2.61 bits per heavy atom. The number of thiophene rings is 1. The monoisotopic (exact) mass is 455 g/mol. The lowest BCUT2D eigenvalue weighted by Gasteiger charge is -2.39. The van der Waals surface area contributed by atoms with Gasteiger partial charge in [0.05, 0.1) is 28.5 Å². The van der Waals surface area contributed by atoms with Crippen LogP contribution >= 0.6 is 27.3 Å². The molecule has 2 aliphatic rings. The van der Waals surface area contributed by atoms with Crippen LogP contribution in [0, 0.1) is 11.3 Å². The van der Waals surface area contributed by atoms with Gasteiger partial charge in [-0.2, -0.15) is 5.26 Å². The van der Waals surface area contributed by atoms with Crippen LogP contribution in [0.2, 0.25) is 0 Å². The third-order valence-electron chi connectivity index (χ3n) is 5.12. The van der Waals surface area contributed by atoms with Gasteiger partial charge in [0.25, 0.3) is 0 Å². The second-order valence-electron chi connectivity index (χ2n) is 6.66. The van der Waals surface area contributed by atoms with Crippen molar-refractivity contribution in [1.29, 1.82) is 5.26 Å². The van der Waals surface area contributed by atoms with Crippen LogP contribution in [-0.2, 0) is 4.79 Å². The number of carbonyl (C=O) groups is 1. The van der Waals surface area contributed by atoms with Crippen molar-refractivity contribution in [3.8, 4) is 11.8 Å². The first-order valence-corrected chi connectivity index (χ1v) is 10.5. The number of hydrogen-bond donors (Lipinski definition) is 1. The fourth-order valence-corrected chi connectivity index (χ4v) is 5.42. The number of nitrogens with zero attached hydrogens (tertiary/aromatic N) is 2. The molecule has 1 atom stereocenters. The maximum absolute atomic E-state index is 13.0. The van der Waals surface area contributed by atoms with Crippen LogP contribution in [0.4, 0.5) is 5.69 Å². The van der Waals surface area contributed by atoms with Crippen LogP contribution in [0.1, 0.15) is 30.1 Å². The smallest absolute Gasteiger partial charge is 0.161 e. The van der Waals surface area contributed by atoms with Crippen molar-refractivity contribution in [3.63, 3.8) is 0 Å². The van der Waals surface area contributed by atoms with Gasteiger partial charge < -0.3 is 10.5 Å². The quantitative estimate of drug-likeness (QED) is 0.716. The zero-order valence-electron chi connectivity index (χ0n) is 15.2. The largest absolute Gasteiger partial charge is 0.497 e. The predicted octanol–water partition coefficient (Wildman–Crippen LogP) is 4.82. The molecule has 2 heterocycles. The van der Waals surface area contributed by atoms with Crippen LogP contribution in [0.15, 0.2) is 62.8 Å². The summed E-state index contributed by atoms with van der Waals surface area (Å²) in [6, 6.07) is 13.7. The van der Waals surface area contributed by atoms with Crippen molar-refractivity contribution in [2.75, 3.05) is 12.0 Å². The first-order valence-electron chi connectivity index (χ1n) is 8.90. The molecule has 4 rings (SSSR count). The standard InChI is InChI=1S/C21H18BrN3O2S/c1-27-13-7-5-12(6-8-13)25-15-3-2-4-16(26)20(15)19(14(11-23)21(25)24)17-9-10-18(22)28-17/h5-10,19H,2-4,24H2,1H3/t19-/m1/s1. The SMILES string of the molecule is COc1ccc(N2C(N)=C(C#N)[C@H](c3ccc(Br)s3)C3=C2CCCC3=O)cc1. The van der Waals surface area contributed by atoms with Crippen molar-refractivity contribution in [1.82, 2.24) is 0 Å². The number of ether oxygens (including phenoxy) is 1. The Bertz CT molecular complexity index is 1050. The average Bonchev–Trinajstić information content (AvgIpc) is 3.13. The highest BCUT2D eigenvalue weighted by Gasteiger charge is 2.40. The van der Waals surface area contributed by atoms with E-state index in [0.29, 0.717) is 23.4 Å². The molecule has 1 aliphatic heterocycles. The molecule has 0 radical (unpaired) electrons. The molecule has 1 aromatic carbocycles. The van der Waals surface area contributed by atoms with Gasteiger partial charge in [-0.05, 0) is 65.2 Å². The van der Waals surface area contributed by atoms with E-state index in [9.17, 15) is 10.1 Å². The average molecular weight is 456 g/mol. The van der Waals surface area contributed by atoms with Gasteiger partial charge >= 0.3 is 0 Å². The molecule has 0 bridgehead atoms. The minimum absolute atomic E-state index is 0.0922. The van der Waals surface area contributed by atoms with Crippen LogP contribution in [0.25, 0.3) is 0 Å². The minimum Gasteiger partial charge on any atom is -0.497 e. The summed E-state index contributed by atoms with van der Waals surface area (Å²) >= 11 is 5.02. The highest BCUT2D eigenvalue weighted by Crippen LogP contribution is 2.48. The Hall–Kier alpha value is -2.56. The van der Waals surface area contributed by atoms with Gasteiger partial charge in [-0.1, -0.05) is 0 Å². The van der Waals surface area contributed by atoms with E-state index in [1.165, 1.54) is 11.3 Å². The second kappa shape index (κ2) is 7.46. The van der Waals surface area contributed by atoms with Crippen molar-refractivity contribution in [2.45, 2.75) is 25.2 Å². The topological polar surface area (TPSA) is 79.3 Å². The first-order chi connectivity index (χ1) is 13.5. The summed E-state index contributed by atoms with van der Waals surface area (Å²) in [4.78, 5) is 15.8. The second-order valence-corrected chi connectivity index (χ2v) is 9.15. The van der Waals surface area contributed by atoms with E-state index in [4.69, 9.17) is 10.5 Å². The Labute approximate surface area is 175 Å². The normalized spacial score (nSPS) is 19.5. The number of anilines is 1. The van der Waals surface area contributed by atoms with Crippen LogP contribution < -0.4 is 15.4 Å². The third-order valence-corrected chi connectivity index (χ3v) is 6.81. The number of ketones is 1. The highest BCUT2D eigenvalue weighted by molar-refractivity contribution is 9.11. The number of hydrogen-bond acceptors (Lipinski definition) is 6. The molecular formula is C21H18BrN3O2S. The lowest BCUT2D eigenvalue weighted by atomic mass is 9.78. The van der Waals surface area contributed by atoms with Crippen LogP contribution in [0.3, 0.4) is 0 Å². The van der Waals surface area contributed by atoms with E-state index < -0.39 is 5.92 Å². The maximum Gasteiger partial charge on any atom is 0.161 e. The molecule has 0 amide bonds. The Morgan fingerprint density at radius 1 is 1.25 bits per heavy atom. The lowest BCUT2D eigenvalue weighted by Crippen LogP contribution is -2.38. The fraction of sp³-hybridized carbons (Fsp3) is 0.238. The number of nitrogens with two attached hydrogens (primary N) is 1. The van der Waals surface area contributed by atoms with Gasteiger partial charge in [0.15, 0.2) is 5.78 Å². The van der Waals surface area contributed by atoms with E-state index in [1.807, 2.05) is 41.3 Å². The molecule has 0 fully saturated rings. The van der Waals surface area contributed by atoms with E-state index in [2.05, 4.69) is 22.0 Å². The van der Waals surface area contributed by atoms with E-state index in [0.717, 1.165) is 38.6 Å². The number of halogens is 1. The fourth-order valence-electron chi connectivity index (χ4n) is 3.88. The molecule has 0 spiro atoms. The lowest BCUT2D eigenvalue weighted by molar-refractivity contribution is -0.116. The summed E-state index contributed by atoms with van der Waals surface area (Å²) in [7, 11) is 1.61. The molecule has 0 unspecified atom stereocenters. The van der Waals surface area contributed by atoms with Gasteiger partial charge in [0.1, 0.15) is 11.6 Å². The van der Waals surface area contributed by atoms with Crippen molar-refractivity contribution >= 4 is 38.7 Å². The predicted molar refractivity (Wildman–Crippen MR) is 113 cm³/mol. The van der Waals surface area contributed by atoms with Gasteiger partial charge in [0.2, 0.25) is 0 Å². The molecule has 28 heavy (non-hydrogen) atoms. The van der Waals surface area contributed by atoms with Crippen LogP contribution in [-0.4, -0.2) is 12.9 Å². The number of rotatable bonds is 3. The molecule has 2 aromatic rings. The van der Waals surface area contributed by atoms with Gasteiger partial charge in [-0.15, -0.1) is 11.3 Å². The molecule has 1 aromatic heterocycles. The zero-order chi connectivity index (χ0) is 19.8. The molecule has 2 N–H and O–H groups in total. The van der Waals surface area contributed by atoms with Crippen molar-refractivity contribution in [3.05, 3.63) is 67.7 Å². The van der Waals surface area contributed by atoms with Crippen molar-refractivity contribution < 1.29 is 9.53 Å². The van der Waals surface area contributed by atoms with E-state index in [1.54, 1.807) is 7.11 Å². The zero-order valence-corrected chi connectivity index (χ0v) is 17.6. The summed E-state index contributed by atoms with van der Waals surface area (Å²) in [5.41, 5.74) is 9.35. The van der Waals surface area contributed by atoms with Gasteiger partial charge in [-0.3, -0.25) is 9.69 Å². The number of benzene rings is 1. The minimum atomic E-state index is -0.404. The van der Waals surface area contributed by atoms with E-state index >= 15 is 0 Å². The Kier molecular flexibility index (Phi) is 5.00. The van der Waals surface area contributed by atoms with Gasteiger partial charge in [-0.25, -0.2) is 0 Å². The summed E-state index contributed by atoms with van der Waals surface area (Å²) < 4.78 is 6.20. The highest BCUT2D eigenvalue weighted by atomic mass is 79.9. The molecular weight excluding hydrogens is 438 g/mol. The molecule has 5 nitrogen and oxygen atoms in total. The molecule has 0 saturated carbocycles. The summed E-state index contributed by atoms with van der Waals surface area (Å²) in [6.45, 7) is 0. The van der Waals surface area contributed by atoms with Gasteiger partial charge in [0, 0.05) is 28.3 Å². The van der Waals surface area contributed by atoms with E-state index in [-0.39, 0.29) is 5.78 Å². The first kappa shape index (κ1) is 18.8. The Morgan fingerprint density at radius 2 is 2.00 bits per heavy atom. The maximum atomic E-state index is 13.0. The summed E-state index contributed by atoms with van der Waals surface area (Å²) in [6.07, 6.45) is 2.02.